The highest BCUT2D eigenvalue weighted by Crippen LogP contribution is 2.21. The van der Waals surface area contributed by atoms with Crippen molar-refractivity contribution in [2.75, 3.05) is 17.7 Å². The van der Waals surface area contributed by atoms with E-state index in [0.717, 1.165) is 11.1 Å². The second kappa shape index (κ2) is 5.52. The van der Waals surface area contributed by atoms with Crippen LogP contribution in [0.4, 0.5) is 11.4 Å². The van der Waals surface area contributed by atoms with Crippen molar-refractivity contribution in [2.45, 2.75) is 13.3 Å². The first-order valence-electron chi connectivity index (χ1n) is 6.10. The van der Waals surface area contributed by atoms with Crippen molar-refractivity contribution in [1.82, 2.24) is 4.98 Å². The molecular formula is C15H17N3O. The average molecular weight is 255 g/mol. The van der Waals surface area contributed by atoms with E-state index in [-0.39, 0.29) is 5.91 Å². The predicted molar refractivity (Wildman–Crippen MR) is 76.9 cm³/mol. The molecule has 0 saturated carbocycles. The van der Waals surface area contributed by atoms with Crippen molar-refractivity contribution in [1.29, 1.82) is 0 Å². The molecule has 1 heterocycles. The van der Waals surface area contributed by atoms with Crippen LogP contribution < -0.4 is 10.6 Å². The van der Waals surface area contributed by atoms with E-state index in [1.807, 2.05) is 31.2 Å². The molecule has 0 aliphatic carbocycles. The number of hydrogen-bond donors (Lipinski definition) is 1. The van der Waals surface area contributed by atoms with Crippen LogP contribution in [0.15, 0.2) is 42.7 Å². The first-order valence-corrected chi connectivity index (χ1v) is 6.10. The molecular weight excluding hydrogens is 238 g/mol. The van der Waals surface area contributed by atoms with Crippen LogP contribution in [0, 0.1) is 6.92 Å². The fraction of sp³-hybridized carbons (Fsp3) is 0.200. The number of rotatable bonds is 3. The lowest BCUT2D eigenvalue weighted by molar-refractivity contribution is -0.117. The van der Waals surface area contributed by atoms with Gasteiger partial charge in [-0.2, -0.15) is 0 Å². The van der Waals surface area contributed by atoms with Crippen molar-refractivity contribution in [3.05, 3.63) is 53.9 Å². The van der Waals surface area contributed by atoms with E-state index >= 15 is 0 Å². The molecule has 1 amide bonds. The van der Waals surface area contributed by atoms with E-state index in [9.17, 15) is 4.79 Å². The van der Waals surface area contributed by atoms with Gasteiger partial charge in [0.05, 0.1) is 24.0 Å². The van der Waals surface area contributed by atoms with Gasteiger partial charge in [0.15, 0.2) is 0 Å². The summed E-state index contributed by atoms with van der Waals surface area (Å²) < 4.78 is 0. The third-order valence-corrected chi connectivity index (χ3v) is 3.17. The fourth-order valence-electron chi connectivity index (χ4n) is 1.93. The highest BCUT2D eigenvalue weighted by atomic mass is 16.2. The normalized spacial score (nSPS) is 10.2. The lowest BCUT2D eigenvalue weighted by atomic mass is 10.1. The number of pyridine rings is 1. The van der Waals surface area contributed by atoms with Gasteiger partial charge in [0.1, 0.15) is 0 Å². The van der Waals surface area contributed by atoms with Crippen LogP contribution >= 0.6 is 0 Å². The number of aromatic nitrogens is 1. The number of nitrogens with two attached hydrogens (primary N) is 1. The van der Waals surface area contributed by atoms with Gasteiger partial charge in [0, 0.05) is 13.2 Å². The minimum atomic E-state index is 0.00667. The van der Waals surface area contributed by atoms with Gasteiger partial charge in [0.2, 0.25) is 5.91 Å². The molecule has 0 aliphatic rings. The highest BCUT2D eigenvalue weighted by molar-refractivity contribution is 5.96. The van der Waals surface area contributed by atoms with Crippen molar-refractivity contribution in [2.24, 2.45) is 0 Å². The monoisotopic (exact) mass is 255 g/mol. The van der Waals surface area contributed by atoms with Gasteiger partial charge in [-0.1, -0.05) is 24.3 Å². The Morgan fingerprint density at radius 3 is 2.74 bits per heavy atom. The highest BCUT2D eigenvalue weighted by Gasteiger charge is 2.14. The van der Waals surface area contributed by atoms with Gasteiger partial charge in [0.25, 0.3) is 0 Å². The number of anilines is 2. The minimum Gasteiger partial charge on any atom is -0.396 e. The van der Waals surface area contributed by atoms with E-state index < -0.39 is 0 Å². The molecule has 2 N–H and O–H groups in total. The quantitative estimate of drug-likeness (QED) is 0.914. The van der Waals surface area contributed by atoms with Gasteiger partial charge in [-0.05, 0) is 24.1 Å². The van der Waals surface area contributed by atoms with Gasteiger partial charge in [-0.3, -0.25) is 9.78 Å². The third kappa shape index (κ3) is 2.91. The summed E-state index contributed by atoms with van der Waals surface area (Å²) in [6.07, 6.45) is 3.54. The Morgan fingerprint density at radius 1 is 1.32 bits per heavy atom. The van der Waals surface area contributed by atoms with E-state index in [0.29, 0.717) is 17.8 Å². The Kier molecular flexibility index (Phi) is 3.80. The van der Waals surface area contributed by atoms with E-state index in [4.69, 9.17) is 5.73 Å². The Balaban J connectivity index is 2.17. The Bertz CT molecular complexity index is 595. The second-order valence-electron chi connectivity index (χ2n) is 4.49. The molecule has 1 aromatic heterocycles. The third-order valence-electron chi connectivity index (χ3n) is 3.17. The number of nitrogens with zero attached hydrogens (tertiary/aromatic N) is 2. The summed E-state index contributed by atoms with van der Waals surface area (Å²) in [4.78, 5) is 17.8. The molecule has 4 heteroatoms. The Hall–Kier alpha value is -2.36. The molecule has 0 saturated heterocycles. The number of aryl methyl sites for hydroxylation is 1. The molecule has 19 heavy (non-hydrogen) atoms. The molecule has 0 spiro atoms. The fourth-order valence-corrected chi connectivity index (χ4v) is 1.93. The van der Waals surface area contributed by atoms with Crippen LogP contribution in [0.5, 0.6) is 0 Å². The Morgan fingerprint density at radius 2 is 2.05 bits per heavy atom. The second-order valence-corrected chi connectivity index (χ2v) is 4.49. The number of nitrogen functional groups attached to an aromatic ring is 1. The lowest BCUT2D eigenvalue weighted by Gasteiger charge is -2.19. The maximum atomic E-state index is 12.3. The predicted octanol–water partition coefficient (Wildman–Crippen LogP) is 2.18. The first kappa shape index (κ1) is 13.1. The molecule has 4 nitrogen and oxygen atoms in total. The number of carbonyl (C=O) groups excluding carboxylic acids is 1. The van der Waals surface area contributed by atoms with Crippen molar-refractivity contribution < 1.29 is 4.79 Å². The van der Waals surface area contributed by atoms with Crippen molar-refractivity contribution in [3.63, 3.8) is 0 Å². The smallest absolute Gasteiger partial charge is 0.231 e. The largest absolute Gasteiger partial charge is 0.396 e. The zero-order valence-corrected chi connectivity index (χ0v) is 11.1. The number of amides is 1. The molecule has 98 valence electrons. The molecule has 0 aliphatic heterocycles. The molecule has 0 radical (unpaired) electrons. The Labute approximate surface area is 112 Å². The summed E-state index contributed by atoms with van der Waals surface area (Å²) in [6.45, 7) is 2.00. The van der Waals surface area contributed by atoms with Crippen LogP contribution in [0.25, 0.3) is 0 Å². The summed E-state index contributed by atoms with van der Waals surface area (Å²) in [6, 6.07) is 9.62. The van der Waals surface area contributed by atoms with E-state index in [1.165, 1.54) is 0 Å². The summed E-state index contributed by atoms with van der Waals surface area (Å²) in [7, 11) is 1.73. The van der Waals surface area contributed by atoms with Crippen LogP contribution in [-0.2, 0) is 11.2 Å². The SMILES string of the molecule is Cc1ccccc1CC(=O)N(C)c1ccncc1N. The first-order chi connectivity index (χ1) is 9.09. The summed E-state index contributed by atoms with van der Waals surface area (Å²) >= 11 is 0. The average Bonchev–Trinajstić information content (AvgIpc) is 2.41. The maximum Gasteiger partial charge on any atom is 0.231 e. The van der Waals surface area contributed by atoms with Gasteiger partial charge in [-0.25, -0.2) is 0 Å². The maximum absolute atomic E-state index is 12.3. The summed E-state index contributed by atoms with van der Waals surface area (Å²) in [5.74, 6) is 0.00667. The van der Waals surface area contributed by atoms with Gasteiger partial charge >= 0.3 is 0 Å². The van der Waals surface area contributed by atoms with Crippen molar-refractivity contribution in [3.8, 4) is 0 Å². The number of carbonyl (C=O) groups is 1. The van der Waals surface area contributed by atoms with Crippen LogP contribution in [0.2, 0.25) is 0 Å². The summed E-state index contributed by atoms with van der Waals surface area (Å²) in [5.41, 5.74) is 9.17. The molecule has 0 unspecified atom stereocenters. The van der Waals surface area contributed by atoms with E-state index in [2.05, 4.69) is 4.98 Å². The van der Waals surface area contributed by atoms with Gasteiger partial charge < -0.3 is 10.6 Å². The zero-order valence-electron chi connectivity index (χ0n) is 11.1. The standard InChI is InChI=1S/C15H17N3O/c1-11-5-3-4-6-12(11)9-15(19)18(2)14-7-8-17-10-13(14)16/h3-8,10H,9,16H2,1-2H3. The topological polar surface area (TPSA) is 59.2 Å². The molecule has 2 aromatic rings. The summed E-state index contributed by atoms with van der Waals surface area (Å²) in [5, 5.41) is 0. The van der Waals surface area contributed by atoms with E-state index in [1.54, 1.807) is 30.4 Å². The van der Waals surface area contributed by atoms with Gasteiger partial charge in [-0.15, -0.1) is 0 Å². The van der Waals surface area contributed by atoms with Crippen LogP contribution in [0.3, 0.4) is 0 Å². The number of hydrogen-bond acceptors (Lipinski definition) is 3. The zero-order chi connectivity index (χ0) is 13.8. The minimum absolute atomic E-state index is 0.00667. The lowest BCUT2D eigenvalue weighted by Crippen LogP contribution is -2.28. The molecule has 1 aromatic carbocycles. The molecule has 2 rings (SSSR count). The van der Waals surface area contributed by atoms with Crippen LogP contribution in [0.1, 0.15) is 11.1 Å². The number of likely N-dealkylation sites (N-methyl/N-ethyl adjacent to an activating group) is 1. The molecule has 0 fully saturated rings. The molecule has 0 bridgehead atoms. The molecule has 0 atom stereocenters. The number of benzene rings is 1. The van der Waals surface area contributed by atoms with Crippen LogP contribution in [-0.4, -0.2) is 17.9 Å². The van der Waals surface area contributed by atoms with Crippen molar-refractivity contribution >= 4 is 17.3 Å².